The molecular weight excluding hydrogens is 321 g/mol. The number of alkyl halides is 3. The van der Waals surface area contributed by atoms with Crippen molar-refractivity contribution >= 4 is 17.2 Å². The predicted octanol–water partition coefficient (Wildman–Crippen LogP) is 2.30. The summed E-state index contributed by atoms with van der Waals surface area (Å²) in [6.45, 7) is 1.08. The minimum atomic E-state index is -4.41. The van der Waals surface area contributed by atoms with Gasteiger partial charge < -0.3 is 10.6 Å². The largest absolute Gasteiger partial charge is 0.416 e. The molecule has 128 valence electrons. The van der Waals surface area contributed by atoms with Crippen molar-refractivity contribution in [2.45, 2.75) is 19.0 Å². The number of aromatic nitrogens is 2. The Bertz CT molecular complexity index is 786. The Morgan fingerprint density at radius 1 is 1.21 bits per heavy atom. The molecule has 2 unspecified atom stereocenters. The smallest absolute Gasteiger partial charge is 0.369 e. The number of piperidine rings is 1. The Kier molecular flexibility index (Phi) is 3.26. The van der Waals surface area contributed by atoms with E-state index in [4.69, 9.17) is 5.73 Å². The van der Waals surface area contributed by atoms with Crippen LogP contribution in [0.5, 0.6) is 0 Å². The minimum Gasteiger partial charge on any atom is -0.369 e. The number of carbonyl (C=O) groups is 1. The lowest BCUT2D eigenvalue weighted by Crippen LogP contribution is -2.47. The highest BCUT2D eigenvalue weighted by Gasteiger charge is 2.45. The van der Waals surface area contributed by atoms with Gasteiger partial charge in [0.1, 0.15) is 12.1 Å². The monoisotopic (exact) mass is 338 g/mol. The van der Waals surface area contributed by atoms with Gasteiger partial charge >= 0.3 is 6.18 Å². The highest BCUT2D eigenvalue weighted by Crippen LogP contribution is 2.43. The number of hydrogen-bond acceptors (Lipinski definition) is 3. The SMILES string of the molecule is NC(=O)C1C2CCC1CN(c1cc(C(F)(F)F)cc3cncn13)C2. The molecule has 2 N–H and O–H groups in total. The fraction of sp³-hybridized carbons (Fsp3) is 0.500. The zero-order valence-electron chi connectivity index (χ0n) is 12.8. The van der Waals surface area contributed by atoms with Crippen LogP contribution < -0.4 is 10.6 Å². The first-order valence-electron chi connectivity index (χ1n) is 7.92. The number of primary amides is 1. The molecule has 4 rings (SSSR count). The van der Waals surface area contributed by atoms with Crippen LogP contribution in [-0.2, 0) is 11.0 Å². The van der Waals surface area contributed by atoms with Crippen LogP contribution in [0.2, 0.25) is 0 Å². The summed E-state index contributed by atoms with van der Waals surface area (Å²) in [5, 5.41) is 0. The Labute approximate surface area is 136 Å². The van der Waals surface area contributed by atoms with E-state index in [-0.39, 0.29) is 23.7 Å². The van der Waals surface area contributed by atoms with Gasteiger partial charge in [-0.2, -0.15) is 13.2 Å². The van der Waals surface area contributed by atoms with Gasteiger partial charge in [0.25, 0.3) is 0 Å². The van der Waals surface area contributed by atoms with Crippen LogP contribution in [0.3, 0.4) is 0 Å². The summed E-state index contributed by atoms with van der Waals surface area (Å²) in [6, 6.07) is 2.26. The summed E-state index contributed by atoms with van der Waals surface area (Å²) >= 11 is 0. The van der Waals surface area contributed by atoms with Crippen LogP contribution in [0, 0.1) is 17.8 Å². The van der Waals surface area contributed by atoms with E-state index in [9.17, 15) is 18.0 Å². The average molecular weight is 338 g/mol. The number of anilines is 1. The third kappa shape index (κ3) is 2.32. The Morgan fingerprint density at radius 2 is 1.88 bits per heavy atom. The molecule has 3 heterocycles. The predicted molar refractivity (Wildman–Crippen MR) is 81.3 cm³/mol. The van der Waals surface area contributed by atoms with Gasteiger partial charge in [-0.15, -0.1) is 0 Å². The number of rotatable bonds is 2. The molecule has 0 radical (unpaired) electrons. The van der Waals surface area contributed by atoms with Crippen molar-refractivity contribution < 1.29 is 18.0 Å². The summed E-state index contributed by atoms with van der Waals surface area (Å²) in [6.07, 6.45) is 0.309. The number of carbonyl (C=O) groups excluding carboxylic acids is 1. The number of amides is 1. The van der Waals surface area contributed by atoms with Crippen LogP contribution in [0.4, 0.5) is 19.0 Å². The molecular formula is C16H17F3N4O. The van der Waals surface area contributed by atoms with Crippen molar-refractivity contribution in [3.05, 3.63) is 30.2 Å². The number of nitrogens with zero attached hydrogens (tertiary/aromatic N) is 3. The van der Waals surface area contributed by atoms with Gasteiger partial charge in [0.2, 0.25) is 5.91 Å². The van der Waals surface area contributed by atoms with Gasteiger partial charge in [0.05, 0.1) is 17.3 Å². The molecule has 0 spiro atoms. The molecule has 2 fully saturated rings. The molecule has 2 aliphatic rings. The molecule has 1 saturated carbocycles. The lowest BCUT2D eigenvalue weighted by molar-refractivity contribution is -0.137. The Hall–Kier alpha value is -2.25. The fourth-order valence-electron chi connectivity index (χ4n) is 4.29. The quantitative estimate of drug-likeness (QED) is 0.914. The third-order valence-electron chi connectivity index (χ3n) is 5.32. The first kappa shape index (κ1) is 15.3. The van der Waals surface area contributed by atoms with E-state index in [1.165, 1.54) is 18.6 Å². The molecule has 1 amide bonds. The van der Waals surface area contributed by atoms with Crippen molar-refractivity contribution in [2.24, 2.45) is 23.5 Å². The van der Waals surface area contributed by atoms with Crippen LogP contribution in [0.1, 0.15) is 18.4 Å². The van der Waals surface area contributed by atoms with Crippen LogP contribution in [-0.4, -0.2) is 28.4 Å². The molecule has 2 aromatic rings. The molecule has 1 aliphatic carbocycles. The Morgan fingerprint density at radius 3 is 2.46 bits per heavy atom. The number of hydrogen-bond donors (Lipinski definition) is 1. The molecule has 1 saturated heterocycles. The molecule has 2 bridgehead atoms. The maximum Gasteiger partial charge on any atom is 0.416 e. The van der Waals surface area contributed by atoms with Crippen molar-refractivity contribution in [1.82, 2.24) is 9.38 Å². The van der Waals surface area contributed by atoms with Gasteiger partial charge in [-0.05, 0) is 36.8 Å². The topological polar surface area (TPSA) is 63.6 Å². The average Bonchev–Trinajstić information content (AvgIpc) is 3.07. The lowest BCUT2D eigenvalue weighted by Gasteiger charge is -2.38. The zero-order chi connectivity index (χ0) is 17.1. The molecule has 2 atom stereocenters. The van der Waals surface area contributed by atoms with E-state index < -0.39 is 11.7 Å². The number of pyridine rings is 1. The second kappa shape index (κ2) is 5.12. The van der Waals surface area contributed by atoms with Crippen molar-refractivity contribution in [3.8, 4) is 0 Å². The summed E-state index contributed by atoms with van der Waals surface area (Å²) in [5.74, 6) is 0.227. The zero-order valence-corrected chi connectivity index (χ0v) is 12.8. The van der Waals surface area contributed by atoms with Gasteiger partial charge in [-0.25, -0.2) is 4.98 Å². The molecule has 5 nitrogen and oxygen atoms in total. The van der Waals surface area contributed by atoms with E-state index in [0.717, 1.165) is 18.9 Å². The second-order valence-electron chi connectivity index (χ2n) is 6.72. The van der Waals surface area contributed by atoms with Crippen molar-refractivity contribution in [3.63, 3.8) is 0 Å². The fourth-order valence-corrected chi connectivity index (χ4v) is 4.29. The standard InChI is InChI=1S/C16H17F3N4O/c17-16(18,19)11-3-12-5-21-8-23(12)13(4-11)22-6-9-1-2-10(7-22)14(9)15(20)24/h3-5,8-10,14H,1-2,6-7H2,(H2,20,24). The van der Waals surface area contributed by atoms with E-state index in [0.29, 0.717) is 24.4 Å². The maximum atomic E-state index is 13.2. The van der Waals surface area contributed by atoms with E-state index in [2.05, 4.69) is 4.98 Å². The minimum absolute atomic E-state index is 0.106. The van der Waals surface area contributed by atoms with Gasteiger partial charge in [0.15, 0.2) is 0 Å². The lowest BCUT2D eigenvalue weighted by atomic mass is 9.84. The first-order valence-corrected chi connectivity index (χ1v) is 7.92. The molecule has 0 aromatic carbocycles. The molecule has 8 heteroatoms. The van der Waals surface area contributed by atoms with Crippen molar-refractivity contribution in [1.29, 1.82) is 0 Å². The number of halogens is 3. The second-order valence-corrected chi connectivity index (χ2v) is 6.72. The molecule has 24 heavy (non-hydrogen) atoms. The van der Waals surface area contributed by atoms with Gasteiger partial charge in [-0.3, -0.25) is 9.20 Å². The summed E-state index contributed by atoms with van der Waals surface area (Å²) in [5.41, 5.74) is 5.23. The Balaban J connectivity index is 1.75. The summed E-state index contributed by atoms with van der Waals surface area (Å²) < 4.78 is 41.2. The van der Waals surface area contributed by atoms with E-state index >= 15 is 0 Å². The van der Waals surface area contributed by atoms with Gasteiger partial charge in [0, 0.05) is 19.0 Å². The third-order valence-corrected chi connectivity index (χ3v) is 5.32. The highest BCUT2D eigenvalue weighted by atomic mass is 19.4. The number of fused-ring (bicyclic) bond motifs is 3. The normalized spacial score (nSPS) is 27.0. The molecule has 1 aliphatic heterocycles. The number of imidazole rings is 1. The molecule has 2 aromatic heterocycles. The maximum absolute atomic E-state index is 13.2. The van der Waals surface area contributed by atoms with E-state index in [1.54, 1.807) is 4.40 Å². The van der Waals surface area contributed by atoms with Gasteiger partial charge in [-0.1, -0.05) is 0 Å². The van der Waals surface area contributed by atoms with Crippen LogP contribution >= 0.6 is 0 Å². The number of nitrogens with two attached hydrogens (primary N) is 1. The van der Waals surface area contributed by atoms with Crippen LogP contribution in [0.15, 0.2) is 24.7 Å². The summed E-state index contributed by atoms with van der Waals surface area (Å²) in [7, 11) is 0. The first-order chi connectivity index (χ1) is 11.3. The highest BCUT2D eigenvalue weighted by molar-refractivity contribution is 5.78. The summed E-state index contributed by atoms with van der Waals surface area (Å²) in [4.78, 5) is 17.6. The van der Waals surface area contributed by atoms with Crippen molar-refractivity contribution in [2.75, 3.05) is 18.0 Å². The van der Waals surface area contributed by atoms with E-state index in [1.807, 2.05) is 4.90 Å². The van der Waals surface area contributed by atoms with Crippen LogP contribution in [0.25, 0.3) is 5.52 Å².